The number of aliphatic hydroxyl groups is 1. The third-order valence-electron chi connectivity index (χ3n) is 2.49. The Kier molecular flexibility index (Phi) is 7.65. The maximum Gasteiger partial charge on any atom is 0.554 e. The summed E-state index contributed by atoms with van der Waals surface area (Å²) < 4.78 is 21.8. The average molecular weight is 330 g/mol. The standard InChI is InChI=1S/C9H17NO8P2/c1-7(11)3-4-8(12)10-6-2-5-9(13,19(14)15)20(16,17)18/h13H,2-6H2,1H3,(H3-,10,12,14,15,16,17,18)/p+1. The molecule has 0 aromatic rings. The minimum Gasteiger partial charge on any atom is -0.356 e. The second kappa shape index (κ2) is 7.93. The topological polar surface area (TPSA) is 161 Å². The van der Waals surface area contributed by atoms with Crippen molar-refractivity contribution in [3.05, 3.63) is 0 Å². The van der Waals surface area contributed by atoms with E-state index in [0.717, 1.165) is 0 Å². The molecule has 116 valence electrons. The van der Waals surface area contributed by atoms with E-state index in [1.165, 1.54) is 6.92 Å². The van der Waals surface area contributed by atoms with Gasteiger partial charge in [-0.25, -0.2) is 0 Å². The highest BCUT2D eigenvalue weighted by Crippen LogP contribution is 2.61. The number of nitrogens with one attached hydrogen (secondary N) is 1. The van der Waals surface area contributed by atoms with Crippen LogP contribution in [-0.4, -0.2) is 43.1 Å². The molecule has 0 aliphatic heterocycles. The molecule has 1 amide bonds. The van der Waals surface area contributed by atoms with Gasteiger partial charge >= 0.3 is 20.7 Å². The van der Waals surface area contributed by atoms with Crippen LogP contribution in [0.3, 0.4) is 0 Å². The fraction of sp³-hybridized carbons (Fsp3) is 0.778. The largest absolute Gasteiger partial charge is 0.554 e. The quantitative estimate of drug-likeness (QED) is 0.287. The zero-order valence-corrected chi connectivity index (χ0v) is 12.6. The number of amides is 1. The van der Waals surface area contributed by atoms with Crippen LogP contribution in [0.15, 0.2) is 0 Å². The van der Waals surface area contributed by atoms with Crippen LogP contribution in [0.2, 0.25) is 0 Å². The van der Waals surface area contributed by atoms with Crippen LogP contribution in [0, 0.1) is 0 Å². The molecule has 2 atom stereocenters. The first kappa shape index (κ1) is 19.3. The summed E-state index contributed by atoms with van der Waals surface area (Å²) in [6.45, 7) is 1.30. The second-order valence-corrected chi connectivity index (χ2v) is 7.71. The van der Waals surface area contributed by atoms with Gasteiger partial charge in [-0.15, -0.1) is 0 Å². The molecule has 0 aliphatic carbocycles. The van der Waals surface area contributed by atoms with Crippen molar-refractivity contribution < 1.29 is 38.5 Å². The van der Waals surface area contributed by atoms with E-state index in [0.29, 0.717) is 0 Å². The van der Waals surface area contributed by atoms with Crippen molar-refractivity contribution >= 4 is 27.3 Å². The van der Waals surface area contributed by atoms with Crippen LogP contribution in [0.1, 0.15) is 32.6 Å². The van der Waals surface area contributed by atoms with Crippen molar-refractivity contribution in [2.45, 2.75) is 37.7 Å². The first-order valence-corrected chi connectivity index (χ1v) is 8.53. The summed E-state index contributed by atoms with van der Waals surface area (Å²) in [5.74, 6) is -0.568. The summed E-state index contributed by atoms with van der Waals surface area (Å²) in [4.78, 5) is 48.4. The van der Waals surface area contributed by atoms with Crippen LogP contribution in [0.4, 0.5) is 0 Å². The number of ketones is 1. The average Bonchev–Trinajstić information content (AvgIpc) is 2.29. The molecule has 2 unspecified atom stereocenters. The number of carbonyl (C=O) groups is 2. The van der Waals surface area contributed by atoms with E-state index in [4.69, 9.17) is 14.7 Å². The monoisotopic (exact) mass is 330 g/mol. The van der Waals surface area contributed by atoms with Gasteiger partial charge in [0.25, 0.3) is 0 Å². The molecule has 0 rings (SSSR count). The van der Waals surface area contributed by atoms with Gasteiger partial charge in [0.1, 0.15) is 5.78 Å². The molecule has 0 heterocycles. The van der Waals surface area contributed by atoms with Gasteiger partial charge in [-0.2, -0.15) is 4.89 Å². The van der Waals surface area contributed by atoms with Crippen LogP contribution in [0.25, 0.3) is 0 Å². The molecule has 0 saturated carbocycles. The molecule has 0 radical (unpaired) electrons. The number of rotatable bonds is 9. The molecule has 0 aromatic carbocycles. The van der Waals surface area contributed by atoms with Crippen LogP contribution < -0.4 is 5.32 Å². The van der Waals surface area contributed by atoms with Crippen LogP contribution >= 0.6 is 15.6 Å². The Bertz CT molecular complexity index is 434. The van der Waals surface area contributed by atoms with Gasteiger partial charge in [0.2, 0.25) is 5.91 Å². The smallest absolute Gasteiger partial charge is 0.356 e. The lowest BCUT2D eigenvalue weighted by Crippen LogP contribution is -2.29. The van der Waals surface area contributed by atoms with Gasteiger partial charge < -0.3 is 25.0 Å². The Balaban J connectivity index is 4.22. The molecule has 0 fully saturated rings. The van der Waals surface area contributed by atoms with Crippen molar-refractivity contribution in [2.24, 2.45) is 0 Å². The number of hydrogen-bond donors (Lipinski definition) is 5. The molecule has 0 aromatic heterocycles. The normalized spacial score (nSPS) is 15.3. The lowest BCUT2D eigenvalue weighted by atomic mass is 10.2. The molecule has 0 aliphatic rings. The second-order valence-electron chi connectivity index (χ2n) is 4.25. The number of Topliss-reactive ketones (excluding diaryl/α,β-unsaturated/α-hetero) is 1. The lowest BCUT2D eigenvalue weighted by Gasteiger charge is -2.16. The van der Waals surface area contributed by atoms with Gasteiger partial charge in [-0.1, -0.05) is 0 Å². The molecular weight excluding hydrogens is 312 g/mol. The van der Waals surface area contributed by atoms with E-state index < -0.39 is 33.0 Å². The highest BCUT2D eigenvalue weighted by atomic mass is 31.2. The maximum atomic E-state index is 11.2. The van der Waals surface area contributed by atoms with E-state index in [-0.39, 0.29) is 31.6 Å². The van der Waals surface area contributed by atoms with E-state index in [1.54, 1.807) is 0 Å². The summed E-state index contributed by atoms with van der Waals surface area (Å²) in [5, 5.41) is 8.87. The minimum atomic E-state index is -5.17. The van der Waals surface area contributed by atoms with Crippen LogP contribution in [0.5, 0.6) is 0 Å². The van der Waals surface area contributed by atoms with Gasteiger partial charge in [-0.05, 0) is 17.9 Å². The van der Waals surface area contributed by atoms with Crippen molar-refractivity contribution in [3.8, 4) is 0 Å². The SMILES string of the molecule is CC(=O)CCC(=O)NCCCC(O)([P+](=O)O)P(=O)(O)O. The fourth-order valence-corrected chi connectivity index (χ4v) is 2.97. The zero-order valence-electron chi connectivity index (χ0n) is 10.9. The van der Waals surface area contributed by atoms with E-state index in [1.807, 2.05) is 0 Å². The Hall–Kier alpha value is -0.690. The first-order chi connectivity index (χ1) is 9.00. The molecule has 0 spiro atoms. The molecule has 20 heavy (non-hydrogen) atoms. The van der Waals surface area contributed by atoms with E-state index >= 15 is 0 Å². The van der Waals surface area contributed by atoms with Crippen molar-refractivity contribution in [1.82, 2.24) is 5.32 Å². The van der Waals surface area contributed by atoms with Crippen molar-refractivity contribution in [1.29, 1.82) is 0 Å². The summed E-state index contributed by atoms with van der Waals surface area (Å²) in [6.07, 6.45) is -0.669. The number of hydrogen-bond acceptors (Lipinski definition) is 5. The van der Waals surface area contributed by atoms with Crippen LogP contribution in [-0.2, 0) is 18.7 Å². The Labute approximate surface area is 116 Å². The van der Waals surface area contributed by atoms with Gasteiger partial charge in [0, 0.05) is 25.8 Å². The third-order valence-corrected chi connectivity index (χ3v) is 5.78. The molecule has 9 nitrogen and oxygen atoms in total. The molecule has 11 heteroatoms. The maximum absolute atomic E-state index is 11.2. The Morgan fingerprint density at radius 2 is 1.85 bits per heavy atom. The summed E-state index contributed by atoms with van der Waals surface area (Å²) in [7, 11) is -8.67. The highest BCUT2D eigenvalue weighted by molar-refractivity contribution is 7.66. The molecule has 0 saturated heterocycles. The lowest BCUT2D eigenvalue weighted by molar-refractivity contribution is -0.124. The third kappa shape index (κ3) is 6.17. The molecule has 0 bridgehead atoms. The Morgan fingerprint density at radius 1 is 1.30 bits per heavy atom. The summed E-state index contributed by atoms with van der Waals surface area (Å²) in [6, 6.07) is 0. The molecular formula is C9H18NO8P2+. The van der Waals surface area contributed by atoms with Crippen molar-refractivity contribution in [3.63, 3.8) is 0 Å². The zero-order chi connectivity index (χ0) is 16.0. The first-order valence-electron chi connectivity index (χ1n) is 5.71. The fourth-order valence-electron chi connectivity index (χ4n) is 1.28. The summed E-state index contributed by atoms with van der Waals surface area (Å²) in [5.41, 5.74) is 0. The van der Waals surface area contributed by atoms with E-state index in [2.05, 4.69) is 5.32 Å². The van der Waals surface area contributed by atoms with E-state index in [9.17, 15) is 23.8 Å². The van der Waals surface area contributed by atoms with Gasteiger partial charge in [0.15, 0.2) is 0 Å². The minimum absolute atomic E-state index is 0.00758. The predicted molar refractivity (Wildman–Crippen MR) is 69.0 cm³/mol. The highest BCUT2D eigenvalue weighted by Gasteiger charge is 2.62. The van der Waals surface area contributed by atoms with Gasteiger partial charge in [-0.3, -0.25) is 9.36 Å². The van der Waals surface area contributed by atoms with Crippen molar-refractivity contribution in [2.75, 3.05) is 6.54 Å². The molecule has 5 N–H and O–H groups in total. The predicted octanol–water partition coefficient (Wildman–Crippen LogP) is -0.190. The number of carbonyl (C=O) groups excluding carboxylic acids is 2. The van der Waals surface area contributed by atoms with Gasteiger partial charge in [0.05, 0.1) is 0 Å². The summed E-state index contributed by atoms with van der Waals surface area (Å²) >= 11 is 0. The Morgan fingerprint density at radius 3 is 2.25 bits per heavy atom.